The Labute approximate surface area is 187 Å². The molecular weight excluding hydrogens is 412 g/mol. The molecule has 0 spiro atoms. The molecule has 5 nitrogen and oxygen atoms in total. The quantitative estimate of drug-likeness (QED) is 0.685. The summed E-state index contributed by atoms with van der Waals surface area (Å²) in [6, 6.07) is 0.358. The highest BCUT2D eigenvalue weighted by Gasteiger charge is 2.30. The smallest absolute Gasteiger partial charge is 0.225 e. The molecular formula is C23H32N4OS2. The van der Waals surface area contributed by atoms with E-state index in [4.69, 9.17) is 4.98 Å². The number of nitrogens with one attached hydrogen (secondary N) is 1. The fraction of sp³-hybridized carbons (Fsp3) is 0.696. The van der Waals surface area contributed by atoms with Crippen LogP contribution in [0, 0.1) is 12.8 Å². The lowest BCUT2D eigenvalue weighted by Gasteiger charge is -2.32. The summed E-state index contributed by atoms with van der Waals surface area (Å²) >= 11 is 3.61. The first-order valence-corrected chi connectivity index (χ1v) is 13.2. The highest BCUT2D eigenvalue weighted by Crippen LogP contribution is 2.43. The number of hydrogen-bond donors (Lipinski definition) is 1. The van der Waals surface area contributed by atoms with Crippen molar-refractivity contribution in [2.24, 2.45) is 5.92 Å². The maximum Gasteiger partial charge on any atom is 0.225 e. The Morgan fingerprint density at radius 1 is 1.20 bits per heavy atom. The second-order valence-electron chi connectivity index (χ2n) is 9.32. The lowest BCUT2D eigenvalue weighted by molar-refractivity contribution is -0.121. The minimum Gasteiger partial charge on any atom is -0.353 e. The third kappa shape index (κ3) is 5.11. The summed E-state index contributed by atoms with van der Waals surface area (Å²) < 4.78 is 0. The number of carbonyl (C=O) groups is 1. The predicted molar refractivity (Wildman–Crippen MR) is 122 cm³/mol. The fourth-order valence-corrected chi connectivity index (χ4v) is 6.88. The van der Waals surface area contributed by atoms with Crippen LogP contribution in [0.25, 0.3) is 0 Å². The van der Waals surface area contributed by atoms with Crippen molar-refractivity contribution in [2.75, 3.05) is 13.1 Å². The number of aromatic nitrogens is 2. The van der Waals surface area contributed by atoms with E-state index in [0.717, 1.165) is 41.1 Å². The predicted octanol–water partition coefficient (Wildman–Crippen LogP) is 4.45. The monoisotopic (exact) mass is 444 g/mol. The van der Waals surface area contributed by atoms with Gasteiger partial charge in [-0.1, -0.05) is 0 Å². The number of amides is 1. The number of aryl methyl sites for hydroxylation is 1. The van der Waals surface area contributed by atoms with E-state index in [1.165, 1.54) is 62.3 Å². The standard InChI is InChI=1S/C23H32N4OS2/c1-15-24-13-19(29-15)12-22(28)25-18-6-2-16(3-7-18)8-10-27-11-9-21-20(14-27)26-23(30-21)17-4-5-17/h13,16-18H,2-12,14H2,1H3,(H,25,28)/t16-,18-. The molecule has 0 atom stereocenters. The van der Waals surface area contributed by atoms with Gasteiger partial charge in [0.05, 0.1) is 22.1 Å². The molecule has 1 amide bonds. The molecule has 5 rings (SSSR count). The third-order valence-electron chi connectivity index (χ3n) is 6.82. The first-order valence-electron chi connectivity index (χ1n) is 11.5. The van der Waals surface area contributed by atoms with Gasteiger partial charge in [0.2, 0.25) is 5.91 Å². The molecule has 0 radical (unpaired) electrons. The molecule has 1 aliphatic heterocycles. The van der Waals surface area contributed by atoms with Gasteiger partial charge in [0.15, 0.2) is 0 Å². The summed E-state index contributed by atoms with van der Waals surface area (Å²) in [5, 5.41) is 5.69. The number of nitrogens with zero attached hydrogens (tertiary/aromatic N) is 3. The van der Waals surface area contributed by atoms with E-state index >= 15 is 0 Å². The number of fused-ring (bicyclic) bond motifs is 1. The van der Waals surface area contributed by atoms with E-state index in [1.807, 2.05) is 24.5 Å². The lowest BCUT2D eigenvalue weighted by Crippen LogP contribution is -2.39. The Hall–Kier alpha value is -1.31. The van der Waals surface area contributed by atoms with Gasteiger partial charge in [-0.05, 0) is 70.8 Å². The average Bonchev–Trinajstić information content (AvgIpc) is 3.38. The van der Waals surface area contributed by atoms with Gasteiger partial charge >= 0.3 is 0 Å². The summed E-state index contributed by atoms with van der Waals surface area (Å²) in [4.78, 5) is 26.7. The summed E-state index contributed by atoms with van der Waals surface area (Å²) in [5.74, 6) is 1.75. The number of carbonyl (C=O) groups excluding carboxylic acids is 1. The van der Waals surface area contributed by atoms with Crippen LogP contribution < -0.4 is 5.32 Å². The van der Waals surface area contributed by atoms with Gasteiger partial charge in [-0.2, -0.15) is 0 Å². The molecule has 2 aromatic rings. The van der Waals surface area contributed by atoms with Crippen LogP contribution >= 0.6 is 22.7 Å². The molecule has 0 unspecified atom stereocenters. The Kier molecular flexibility index (Phi) is 6.21. The largest absolute Gasteiger partial charge is 0.353 e. The van der Waals surface area contributed by atoms with Crippen LogP contribution in [0.4, 0.5) is 0 Å². The van der Waals surface area contributed by atoms with Crippen LogP contribution in [-0.4, -0.2) is 39.9 Å². The fourth-order valence-electron chi connectivity index (χ4n) is 4.85. The molecule has 0 aromatic carbocycles. The Bertz CT molecular complexity index is 880. The topological polar surface area (TPSA) is 58.1 Å². The summed E-state index contributed by atoms with van der Waals surface area (Å²) in [5.41, 5.74) is 1.37. The molecule has 3 aliphatic rings. The normalized spacial score (nSPS) is 24.6. The molecule has 2 saturated carbocycles. The van der Waals surface area contributed by atoms with Crippen LogP contribution in [0.3, 0.4) is 0 Å². The van der Waals surface area contributed by atoms with E-state index in [-0.39, 0.29) is 5.91 Å². The van der Waals surface area contributed by atoms with Crippen LogP contribution in [0.15, 0.2) is 6.20 Å². The van der Waals surface area contributed by atoms with Crippen molar-refractivity contribution in [1.29, 1.82) is 0 Å². The van der Waals surface area contributed by atoms with Gasteiger partial charge in [-0.15, -0.1) is 22.7 Å². The average molecular weight is 445 g/mol. The lowest BCUT2D eigenvalue weighted by atomic mass is 9.84. The molecule has 2 aliphatic carbocycles. The summed E-state index contributed by atoms with van der Waals surface area (Å²) in [7, 11) is 0. The summed E-state index contributed by atoms with van der Waals surface area (Å²) in [6.07, 6.45) is 12.2. The van der Waals surface area contributed by atoms with Crippen LogP contribution in [0.1, 0.15) is 76.3 Å². The van der Waals surface area contributed by atoms with E-state index in [2.05, 4.69) is 15.2 Å². The zero-order valence-electron chi connectivity index (χ0n) is 17.9. The maximum atomic E-state index is 12.3. The van der Waals surface area contributed by atoms with E-state index in [1.54, 1.807) is 16.2 Å². The van der Waals surface area contributed by atoms with Gasteiger partial charge in [-0.25, -0.2) is 9.97 Å². The van der Waals surface area contributed by atoms with E-state index < -0.39 is 0 Å². The molecule has 7 heteroatoms. The minimum absolute atomic E-state index is 0.153. The second-order valence-corrected chi connectivity index (χ2v) is 11.8. The first-order chi connectivity index (χ1) is 14.6. The minimum atomic E-state index is 0.153. The molecule has 0 bridgehead atoms. The number of hydrogen-bond acceptors (Lipinski definition) is 6. The molecule has 0 saturated heterocycles. The van der Waals surface area contributed by atoms with Crippen LogP contribution in [-0.2, 0) is 24.2 Å². The van der Waals surface area contributed by atoms with Crippen molar-refractivity contribution in [3.05, 3.63) is 31.7 Å². The van der Waals surface area contributed by atoms with Crippen molar-refractivity contribution < 1.29 is 4.79 Å². The Morgan fingerprint density at radius 2 is 2.03 bits per heavy atom. The molecule has 1 N–H and O–H groups in total. The first kappa shape index (κ1) is 20.6. The maximum absolute atomic E-state index is 12.3. The van der Waals surface area contributed by atoms with E-state index in [0.29, 0.717) is 12.5 Å². The molecule has 3 heterocycles. The van der Waals surface area contributed by atoms with Gasteiger partial charge in [0, 0.05) is 41.0 Å². The third-order valence-corrected chi connectivity index (χ3v) is 9.05. The zero-order chi connectivity index (χ0) is 20.5. The highest BCUT2D eigenvalue weighted by atomic mass is 32.1. The van der Waals surface area contributed by atoms with Crippen molar-refractivity contribution in [1.82, 2.24) is 20.2 Å². The number of thiazole rings is 2. The van der Waals surface area contributed by atoms with E-state index in [9.17, 15) is 4.79 Å². The highest BCUT2D eigenvalue weighted by molar-refractivity contribution is 7.12. The van der Waals surface area contributed by atoms with Crippen LogP contribution in [0.5, 0.6) is 0 Å². The Balaban J connectivity index is 1.02. The van der Waals surface area contributed by atoms with Crippen molar-refractivity contribution in [3.63, 3.8) is 0 Å². The molecule has 2 fully saturated rings. The van der Waals surface area contributed by atoms with Crippen molar-refractivity contribution >= 4 is 28.6 Å². The van der Waals surface area contributed by atoms with Crippen molar-refractivity contribution in [3.8, 4) is 0 Å². The van der Waals surface area contributed by atoms with Gasteiger partial charge < -0.3 is 5.32 Å². The van der Waals surface area contributed by atoms with Crippen LogP contribution in [0.2, 0.25) is 0 Å². The van der Waals surface area contributed by atoms with Crippen molar-refractivity contribution in [2.45, 2.75) is 83.2 Å². The molecule has 162 valence electrons. The molecule has 30 heavy (non-hydrogen) atoms. The summed E-state index contributed by atoms with van der Waals surface area (Å²) in [6.45, 7) is 5.43. The Morgan fingerprint density at radius 3 is 2.77 bits per heavy atom. The number of rotatable bonds is 7. The second kappa shape index (κ2) is 9.05. The van der Waals surface area contributed by atoms with Gasteiger partial charge in [0.1, 0.15) is 0 Å². The van der Waals surface area contributed by atoms with Gasteiger partial charge in [-0.3, -0.25) is 9.69 Å². The molecule has 2 aromatic heterocycles. The SMILES string of the molecule is Cc1ncc(CC(=O)N[C@H]2CC[C@H](CCN3CCc4sc(C5CC5)nc4C3)CC2)s1. The van der Waals surface area contributed by atoms with Gasteiger partial charge in [0.25, 0.3) is 0 Å². The zero-order valence-corrected chi connectivity index (χ0v) is 19.5.